The Morgan fingerprint density at radius 2 is 1.03 bits per heavy atom. The molecule has 21 heteroatoms. The maximum atomic E-state index is 10.8. The van der Waals surface area contributed by atoms with Crippen LogP contribution in [-0.4, -0.2) is 68.2 Å². The molecule has 396 valence electrons. The molecule has 0 saturated heterocycles. The van der Waals surface area contributed by atoms with Gasteiger partial charge in [-0.25, -0.2) is 9.59 Å². The highest BCUT2D eigenvalue weighted by atomic mass is 16.5. The molecule has 8 aromatic rings. The average Bonchev–Trinajstić information content (AvgIpc) is 4.27. The molecule has 0 unspecified atom stereocenters. The topological polar surface area (TPSA) is 316 Å². The number of Topliss-reactive ketones (excluding diaryl/α,β-unsaturated/α-hetero) is 1. The van der Waals surface area contributed by atoms with E-state index in [0.717, 1.165) is 35.9 Å². The number of hydrogen-bond acceptors (Lipinski definition) is 21. The fraction of sp³-hybridized carbons (Fsp3) is 0.245. The number of aldehydes is 4. The smallest absolute Gasteiger partial charge is 0.374 e. The number of anilines is 1. The van der Waals surface area contributed by atoms with E-state index >= 15 is 0 Å². The molecule has 8 heterocycles. The highest BCUT2D eigenvalue weighted by Gasteiger charge is 2.10. The number of nitrogen functional groups attached to an aromatic ring is 1. The number of rotatable bonds is 12. The van der Waals surface area contributed by atoms with E-state index in [-0.39, 0.29) is 48.3 Å². The Morgan fingerprint density at radius 1 is 0.541 bits per heavy atom. The molecule has 3 N–H and O–H groups in total. The Kier molecular flexibility index (Phi) is 30.4. The fourth-order valence-electron chi connectivity index (χ4n) is 4.82. The summed E-state index contributed by atoms with van der Waals surface area (Å²) in [5, 5.41) is 8.44. The minimum Gasteiger partial charge on any atom is -0.469 e. The average molecular weight is 1030 g/mol. The van der Waals surface area contributed by atoms with E-state index in [4.69, 9.17) is 46.2 Å². The summed E-state index contributed by atoms with van der Waals surface area (Å²) in [6.07, 6.45) is 7.38. The lowest BCUT2D eigenvalue weighted by Crippen LogP contribution is -2.00. The molecule has 0 spiro atoms. The maximum absolute atomic E-state index is 10.8. The summed E-state index contributed by atoms with van der Waals surface area (Å²) in [7, 11) is 2.62. The first-order chi connectivity index (χ1) is 35.4. The number of hydrogen-bond donors (Lipinski definition) is 2. The molecule has 0 radical (unpaired) electrons. The van der Waals surface area contributed by atoms with Gasteiger partial charge < -0.3 is 60.4 Å². The van der Waals surface area contributed by atoms with Crippen LogP contribution in [0.3, 0.4) is 0 Å². The molecule has 0 aliphatic heterocycles. The number of ketones is 1. The van der Waals surface area contributed by atoms with Crippen LogP contribution in [0.1, 0.15) is 142 Å². The summed E-state index contributed by atoms with van der Waals surface area (Å²) in [6, 6.07) is 24.9. The minimum absolute atomic E-state index is 0.0249. The monoisotopic (exact) mass is 1030 g/mol. The van der Waals surface area contributed by atoms with Gasteiger partial charge in [-0.05, 0) is 106 Å². The summed E-state index contributed by atoms with van der Waals surface area (Å²) < 4.78 is 52.7. The van der Waals surface area contributed by atoms with Crippen molar-refractivity contribution in [3.63, 3.8) is 0 Å². The second kappa shape index (κ2) is 35.8. The third kappa shape index (κ3) is 25.6. The van der Waals surface area contributed by atoms with E-state index in [9.17, 15) is 38.4 Å². The van der Waals surface area contributed by atoms with Crippen LogP contribution in [0, 0.1) is 20.8 Å². The van der Waals surface area contributed by atoms with E-state index in [1.54, 1.807) is 80.8 Å². The predicted molar refractivity (Wildman–Crippen MR) is 263 cm³/mol. The summed E-state index contributed by atoms with van der Waals surface area (Å²) in [5.41, 5.74) is 5.69. The van der Waals surface area contributed by atoms with Crippen LogP contribution in [0.2, 0.25) is 0 Å². The Labute approximate surface area is 425 Å². The van der Waals surface area contributed by atoms with Crippen molar-refractivity contribution >= 4 is 54.7 Å². The van der Waals surface area contributed by atoms with Gasteiger partial charge in [-0.15, -0.1) is 0 Å². The van der Waals surface area contributed by atoms with Crippen molar-refractivity contribution in [3.05, 3.63) is 184 Å². The first-order valence-corrected chi connectivity index (χ1v) is 21.9. The van der Waals surface area contributed by atoms with Crippen molar-refractivity contribution in [3.8, 4) is 0 Å². The van der Waals surface area contributed by atoms with Gasteiger partial charge in [-0.1, -0.05) is 13.8 Å². The summed E-state index contributed by atoms with van der Waals surface area (Å²) in [4.78, 5) is 82.3. The molecule has 0 aliphatic carbocycles. The highest BCUT2D eigenvalue weighted by Crippen LogP contribution is 2.11. The number of aliphatic hydroxyl groups excluding tert-OH is 1. The molecule has 8 rings (SSSR count). The number of aliphatic hydroxyl groups is 1. The molecular formula is C53H59NO20. The van der Waals surface area contributed by atoms with Crippen LogP contribution in [0.25, 0.3) is 0 Å². The van der Waals surface area contributed by atoms with Crippen molar-refractivity contribution in [1.82, 2.24) is 0 Å². The molecule has 0 aliphatic rings. The van der Waals surface area contributed by atoms with Gasteiger partial charge in [0.25, 0.3) is 0 Å². The standard InChI is InChI=1S/2C7H8O3.3C7H8O2.C6H7NO3.C6H6O3.C6H6O2/c1-5-6(3-4-10-5)7(8)9-2;1-6(8)10-5-7-3-2-4-9-7;1-5-3-4-7(9-5)6(2)8;2*1-2-6-3-4-7(5-8)9-6;1-9-6(8)4-2-3-5(7)10-4;7-3-5-1-2-6(4-8)9-5;1-5-2-3-6(4-7)8-5/h3-4H,1-2H3;2-4H,5H2,1H3;3-4H,1-2H3;2*3-5H,2H2,1H3;2-3H,7H2,1H3;1-3,8H,4H2;2-4H,1H3. The summed E-state index contributed by atoms with van der Waals surface area (Å²) in [6.45, 7) is 12.2. The van der Waals surface area contributed by atoms with Gasteiger partial charge in [0.05, 0.1) is 26.7 Å². The van der Waals surface area contributed by atoms with Crippen LogP contribution in [0.5, 0.6) is 0 Å². The molecule has 21 nitrogen and oxygen atoms in total. The zero-order valence-corrected chi connectivity index (χ0v) is 42.2. The van der Waals surface area contributed by atoms with Crippen LogP contribution in [-0.2, 0) is 45.1 Å². The second-order valence-corrected chi connectivity index (χ2v) is 14.1. The van der Waals surface area contributed by atoms with E-state index in [2.05, 4.69) is 14.2 Å². The Morgan fingerprint density at radius 3 is 1.32 bits per heavy atom. The SMILES string of the molecule is CC(=O)OCc1ccco1.CC(=O)c1ccc(C)o1.CCc1ccc(C=O)o1.CCc1ccc(C=O)o1.COC(=O)c1ccc(N)o1.COC(=O)c1ccoc1C.Cc1ccc(C=O)o1.O=Cc1ccc(CO)o1. The number of carbonyl (C=O) groups is 8. The molecule has 0 aromatic carbocycles. The van der Waals surface area contributed by atoms with Crippen LogP contribution in [0.4, 0.5) is 5.88 Å². The van der Waals surface area contributed by atoms with Gasteiger partial charge in [0.2, 0.25) is 5.76 Å². The third-order valence-electron chi connectivity index (χ3n) is 8.49. The largest absolute Gasteiger partial charge is 0.469 e. The molecule has 0 saturated carbocycles. The molecular weight excluding hydrogens is 971 g/mol. The Hall–Kier alpha value is -9.24. The fourth-order valence-corrected chi connectivity index (χ4v) is 4.82. The minimum atomic E-state index is -0.517. The van der Waals surface area contributed by atoms with Gasteiger partial charge >= 0.3 is 17.9 Å². The van der Waals surface area contributed by atoms with Crippen LogP contribution in [0.15, 0.2) is 139 Å². The maximum Gasteiger partial charge on any atom is 0.374 e. The van der Waals surface area contributed by atoms with Gasteiger partial charge in [0.15, 0.2) is 65.6 Å². The predicted octanol–water partition coefficient (Wildman–Crippen LogP) is 10.5. The van der Waals surface area contributed by atoms with Crippen molar-refractivity contribution in [2.45, 2.75) is 74.5 Å². The first kappa shape index (κ1) is 62.8. The zero-order valence-electron chi connectivity index (χ0n) is 42.2. The highest BCUT2D eigenvalue weighted by molar-refractivity contribution is 5.91. The molecule has 0 atom stereocenters. The normalized spacial score (nSPS) is 9.38. The lowest BCUT2D eigenvalue weighted by atomic mass is 10.3. The van der Waals surface area contributed by atoms with E-state index in [0.29, 0.717) is 71.0 Å². The number of ether oxygens (including phenoxy) is 3. The van der Waals surface area contributed by atoms with Gasteiger partial charge in [-0.2, -0.15) is 0 Å². The number of aryl methyl sites for hydroxylation is 5. The van der Waals surface area contributed by atoms with Crippen LogP contribution < -0.4 is 5.73 Å². The molecule has 74 heavy (non-hydrogen) atoms. The van der Waals surface area contributed by atoms with Crippen molar-refractivity contribution in [2.24, 2.45) is 0 Å². The van der Waals surface area contributed by atoms with E-state index < -0.39 is 5.97 Å². The number of methoxy groups -OCH3 is 2. The third-order valence-corrected chi connectivity index (χ3v) is 8.49. The Bertz CT molecular complexity index is 2740. The van der Waals surface area contributed by atoms with E-state index in [1.165, 1.54) is 52.5 Å². The molecule has 8 aromatic heterocycles. The lowest BCUT2D eigenvalue weighted by Gasteiger charge is -1.95. The zero-order chi connectivity index (χ0) is 55.4. The van der Waals surface area contributed by atoms with Gasteiger partial charge in [-0.3, -0.25) is 28.8 Å². The Balaban J connectivity index is 0.000000423. The van der Waals surface area contributed by atoms with E-state index in [1.807, 2.05) is 32.9 Å². The number of carbonyl (C=O) groups excluding carboxylic acids is 8. The molecule has 0 bridgehead atoms. The molecule has 0 amide bonds. The summed E-state index contributed by atoms with van der Waals surface area (Å²) >= 11 is 0. The van der Waals surface area contributed by atoms with Crippen molar-refractivity contribution in [2.75, 3.05) is 20.0 Å². The number of furan rings is 8. The first-order valence-electron chi connectivity index (χ1n) is 21.9. The number of nitrogens with two attached hydrogens (primary N) is 1. The number of esters is 3. The van der Waals surface area contributed by atoms with Gasteiger partial charge in [0, 0.05) is 32.8 Å². The second-order valence-electron chi connectivity index (χ2n) is 14.1. The van der Waals surface area contributed by atoms with Crippen LogP contribution >= 0.6 is 0 Å². The molecule has 0 fully saturated rings. The van der Waals surface area contributed by atoms with Crippen molar-refractivity contribution < 1.29 is 93.0 Å². The van der Waals surface area contributed by atoms with Crippen molar-refractivity contribution in [1.29, 1.82) is 0 Å². The lowest BCUT2D eigenvalue weighted by molar-refractivity contribution is -0.142. The summed E-state index contributed by atoms with van der Waals surface area (Å²) in [5.74, 6) is 5.97. The quantitative estimate of drug-likeness (QED) is 0.0497. The van der Waals surface area contributed by atoms with Gasteiger partial charge in [0.1, 0.15) is 59.1 Å².